The van der Waals surface area contributed by atoms with E-state index in [2.05, 4.69) is 11.9 Å². The fraction of sp³-hybridized carbons (Fsp3) is 0.455. The number of carbonyl (C=O) groups excluding carboxylic acids is 3. The lowest BCUT2D eigenvalue weighted by Gasteiger charge is -2.25. The number of hydrogen-bond donors (Lipinski definition) is 1. The Balaban J connectivity index is 1.74. The van der Waals surface area contributed by atoms with Gasteiger partial charge in [-0.1, -0.05) is 75.6 Å². The third kappa shape index (κ3) is 10.6. The van der Waals surface area contributed by atoms with E-state index in [-0.39, 0.29) is 23.7 Å². The second-order valence-electron chi connectivity index (χ2n) is 10.3. The van der Waals surface area contributed by atoms with Crippen LogP contribution < -0.4 is 4.74 Å². The van der Waals surface area contributed by atoms with Crippen molar-refractivity contribution < 1.29 is 33.7 Å². The fourth-order valence-electron chi connectivity index (χ4n) is 4.54. The molecule has 2 aromatic rings. The number of allylic oxidation sites excluding steroid dienone is 2. The summed E-state index contributed by atoms with van der Waals surface area (Å²) in [7, 11) is 0. The van der Waals surface area contributed by atoms with Gasteiger partial charge in [-0.05, 0) is 61.8 Å². The smallest absolute Gasteiger partial charge is 0.433 e. The third-order valence-corrected chi connectivity index (χ3v) is 7.01. The van der Waals surface area contributed by atoms with E-state index in [0.717, 1.165) is 25.7 Å². The van der Waals surface area contributed by atoms with Crippen molar-refractivity contribution in [3.8, 4) is 5.75 Å². The summed E-state index contributed by atoms with van der Waals surface area (Å²) in [6, 6.07) is 13.7. The van der Waals surface area contributed by atoms with Crippen LogP contribution in [-0.4, -0.2) is 48.2 Å². The van der Waals surface area contributed by atoms with Gasteiger partial charge < -0.3 is 19.3 Å². The van der Waals surface area contributed by atoms with Crippen molar-refractivity contribution in [1.29, 1.82) is 0 Å². The van der Waals surface area contributed by atoms with Gasteiger partial charge in [0.1, 0.15) is 17.4 Å². The molecule has 0 aromatic heterocycles. The molecule has 1 N–H and O–H groups in total. The van der Waals surface area contributed by atoms with E-state index in [1.165, 1.54) is 6.21 Å². The lowest BCUT2D eigenvalue weighted by Crippen LogP contribution is -2.28. The first-order valence-corrected chi connectivity index (χ1v) is 14.5. The maximum Gasteiger partial charge on any atom is 0.433 e. The molecule has 0 aliphatic carbocycles. The van der Waals surface area contributed by atoms with E-state index < -0.39 is 30.2 Å². The van der Waals surface area contributed by atoms with E-state index in [9.17, 15) is 19.5 Å². The summed E-state index contributed by atoms with van der Waals surface area (Å²) < 4.78 is 16.7. The molecule has 1 aliphatic rings. The highest BCUT2D eigenvalue weighted by Gasteiger charge is 2.27. The van der Waals surface area contributed by atoms with Crippen LogP contribution in [-0.2, 0) is 15.9 Å². The van der Waals surface area contributed by atoms with Gasteiger partial charge in [-0.2, -0.15) is 4.99 Å². The second-order valence-corrected chi connectivity index (χ2v) is 10.3. The van der Waals surface area contributed by atoms with Crippen LogP contribution in [0.2, 0.25) is 0 Å². The molecule has 0 bridgehead atoms. The molecule has 0 fully saturated rings. The van der Waals surface area contributed by atoms with Crippen LogP contribution in [0.1, 0.15) is 91.5 Å². The Morgan fingerprint density at radius 1 is 1.07 bits per heavy atom. The Labute approximate surface area is 242 Å². The summed E-state index contributed by atoms with van der Waals surface area (Å²) in [5.74, 6) is -1.15. The number of ether oxygens (including phenoxy) is 3. The molecule has 0 spiro atoms. The van der Waals surface area contributed by atoms with Crippen LogP contribution in [0.5, 0.6) is 5.75 Å². The lowest BCUT2D eigenvalue weighted by molar-refractivity contribution is 0.00404. The van der Waals surface area contributed by atoms with Crippen LogP contribution in [0.15, 0.2) is 65.7 Å². The zero-order valence-corrected chi connectivity index (χ0v) is 24.0. The van der Waals surface area contributed by atoms with E-state index in [0.29, 0.717) is 43.4 Å². The number of aliphatic hydroxyl groups is 1. The van der Waals surface area contributed by atoms with E-state index >= 15 is 0 Å². The summed E-state index contributed by atoms with van der Waals surface area (Å²) in [6.45, 7) is 4.41. The second kappa shape index (κ2) is 17.1. The number of aliphatic imine (C=N–C) groups is 1. The van der Waals surface area contributed by atoms with Crippen LogP contribution in [0.3, 0.4) is 0 Å². The fourth-order valence-corrected chi connectivity index (χ4v) is 4.54. The molecule has 2 aromatic carbocycles. The number of rotatable bonds is 10. The number of unbranched alkanes of at least 4 members (excludes halogenated alkanes) is 3. The van der Waals surface area contributed by atoms with Gasteiger partial charge in [-0.3, -0.25) is 0 Å². The number of fused-ring (bicyclic) bond motifs is 1. The third-order valence-electron chi connectivity index (χ3n) is 7.01. The van der Waals surface area contributed by atoms with Gasteiger partial charge in [-0.25, -0.2) is 14.4 Å². The van der Waals surface area contributed by atoms with E-state index in [1.54, 1.807) is 48.5 Å². The number of cyclic esters (lactones) is 1. The highest BCUT2D eigenvalue weighted by Crippen LogP contribution is 2.28. The molecular weight excluding hydrogens is 522 g/mol. The highest BCUT2D eigenvalue weighted by atomic mass is 16.6. The minimum absolute atomic E-state index is 0.0409. The molecule has 8 nitrogen and oxygen atoms in total. The molecule has 0 radical (unpaired) electrons. The van der Waals surface area contributed by atoms with Gasteiger partial charge in [0, 0.05) is 12.6 Å². The number of esters is 2. The first-order valence-electron chi connectivity index (χ1n) is 14.5. The maximum atomic E-state index is 13.6. The first-order chi connectivity index (χ1) is 19.9. The van der Waals surface area contributed by atoms with Crippen molar-refractivity contribution in [2.24, 2.45) is 10.9 Å². The van der Waals surface area contributed by atoms with Gasteiger partial charge in [-0.15, -0.1) is 0 Å². The molecule has 0 saturated carbocycles. The predicted octanol–water partition coefficient (Wildman–Crippen LogP) is 6.89. The molecule has 1 heterocycles. The molecule has 3 unspecified atom stereocenters. The average Bonchev–Trinajstić information content (AvgIpc) is 2.97. The zero-order chi connectivity index (χ0) is 29.5. The number of carbonyl (C=O) groups is 3. The van der Waals surface area contributed by atoms with Crippen molar-refractivity contribution in [3.63, 3.8) is 0 Å². The lowest BCUT2D eigenvalue weighted by atomic mass is 9.93. The van der Waals surface area contributed by atoms with Crippen LogP contribution in [0.25, 0.3) is 0 Å². The van der Waals surface area contributed by atoms with Gasteiger partial charge in [0.05, 0.1) is 18.3 Å². The molecule has 41 heavy (non-hydrogen) atoms. The predicted molar refractivity (Wildman–Crippen MR) is 158 cm³/mol. The van der Waals surface area contributed by atoms with Crippen molar-refractivity contribution in [2.75, 3.05) is 6.61 Å². The number of hydrogen-bond acceptors (Lipinski definition) is 7. The van der Waals surface area contributed by atoms with Crippen molar-refractivity contribution in [1.82, 2.24) is 0 Å². The molecule has 1 aliphatic heterocycles. The topological polar surface area (TPSA) is 111 Å². The number of aliphatic hydroxyl groups excluding tert-OH is 1. The van der Waals surface area contributed by atoms with Gasteiger partial charge in [0.2, 0.25) is 0 Å². The molecule has 8 heteroatoms. The normalized spacial score (nSPS) is 19.5. The molecule has 3 rings (SSSR count). The van der Waals surface area contributed by atoms with Crippen molar-refractivity contribution in [3.05, 3.63) is 77.4 Å². The minimum Gasteiger partial charge on any atom is -0.459 e. The summed E-state index contributed by atoms with van der Waals surface area (Å²) in [6.07, 6.45) is 9.42. The Morgan fingerprint density at radius 3 is 2.66 bits per heavy atom. The minimum atomic E-state index is -0.701. The van der Waals surface area contributed by atoms with Crippen molar-refractivity contribution in [2.45, 2.75) is 83.8 Å². The van der Waals surface area contributed by atoms with Gasteiger partial charge in [0.15, 0.2) is 0 Å². The quantitative estimate of drug-likeness (QED) is 0.110. The summed E-state index contributed by atoms with van der Waals surface area (Å²) in [4.78, 5) is 42.1. The summed E-state index contributed by atoms with van der Waals surface area (Å²) >= 11 is 0. The molecule has 3 atom stereocenters. The Bertz CT molecular complexity index is 1190. The first kappa shape index (κ1) is 31.7. The summed E-state index contributed by atoms with van der Waals surface area (Å²) in [5.41, 5.74) is 1.20. The summed E-state index contributed by atoms with van der Waals surface area (Å²) in [5, 5.41) is 10.8. The van der Waals surface area contributed by atoms with E-state index in [1.807, 2.05) is 19.1 Å². The largest absolute Gasteiger partial charge is 0.459 e. The molecule has 220 valence electrons. The Kier molecular flexibility index (Phi) is 13.3. The Hall–Kier alpha value is -3.78. The Morgan fingerprint density at radius 2 is 1.88 bits per heavy atom. The standard InChI is InChI=1S/C33H41NO7/c1-3-4-5-11-22-39-33(38)34-21-13-19-27-23-28(35)24(2)14-9-10-15-25-18-12-20-29(30(25)32(37)40-27)41-31(36)26-16-7-6-8-17-26/h6-10,12,16-18,20-21,24,27-28,35H,3-5,11,13-15,19,22-23H2,1-2H3. The zero-order valence-electron chi connectivity index (χ0n) is 24.0. The van der Waals surface area contributed by atoms with Crippen LogP contribution in [0, 0.1) is 5.92 Å². The number of amides is 1. The van der Waals surface area contributed by atoms with Crippen molar-refractivity contribution >= 4 is 24.2 Å². The van der Waals surface area contributed by atoms with Gasteiger partial charge in [0.25, 0.3) is 0 Å². The molecular formula is C33H41NO7. The molecule has 1 amide bonds. The highest BCUT2D eigenvalue weighted by molar-refractivity contribution is 5.97. The van der Waals surface area contributed by atoms with Gasteiger partial charge >= 0.3 is 18.0 Å². The monoisotopic (exact) mass is 563 g/mol. The van der Waals surface area contributed by atoms with E-state index in [4.69, 9.17) is 14.2 Å². The van der Waals surface area contributed by atoms with Crippen LogP contribution in [0.4, 0.5) is 4.79 Å². The van der Waals surface area contributed by atoms with Crippen LogP contribution >= 0.6 is 0 Å². The average molecular weight is 564 g/mol. The number of nitrogens with zero attached hydrogens (tertiary/aromatic N) is 1. The molecule has 0 saturated heterocycles. The maximum absolute atomic E-state index is 13.6. The number of benzene rings is 2. The SMILES string of the molecule is CCCCCCOC(=O)N=CCCC1CC(O)C(C)CC=CCc2cccc(OC(=O)c3ccccc3)c2C(=O)O1.